The summed E-state index contributed by atoms with van der Waals surface area (Å²) in [7, 11) is 0. The molecule has 0 bridgehead atoms. The third-order valence-electron chi connectivity index (χ3n) is 3.56. The minimum absolute atomic E-state index is 0.0832. The van der Waals surface area contributed by atoms with Gasteiger partial charge in [-0.1, -0.05) is 64.7 Å². The molecular weight excluding hydrogens is 324 g/mol. The Morgan fingerprint density at radius 3 is 1.76 bits per heavy atom. The molecule has 1 atom stereocenters. The lowest BCUT2D eigenvalue weighted by Gasteiger charge is -2.05. The van der Waals surface area contributed by atoms with Gasteiger partial charge in [-0.15, -0.1) is 0 Å². The summed E-state index contributed by atoms with van der Waals surface area (Å²) in [5.41, 5.74) is 0. The van der Waals surface area contributed by atoms with E-state index < -0.39 is 18.0 Å². The van der Waals surface area contributed by atoms with Crippen molar-refractivity contribution in [3.05, 3.63) is 0 Å². The summed E-state index contributed by atoms with van der Waals surface area (Å²) in [4.78, 5) is 21.2. The minimum atomic E-state index is -1.21. The van der Waals surface area contributed by atoms with Crippen molar-refractivity contribution in [3.8, 4) is 0 Å². The number of aliphatic hydroxyl groups is 2. The summed E-state index contributed by atoms with van der Waals surface area (Å²) in [6.45, 7) is 4.02. The first kappa shape index (κ1) is 26.1. The molecular formula is C19H37O6-. The number of ether oxygens (including phenoxy) is 1. The smallest absolute Gasteiger partial charge is 0.306 e. The van der Waals surface area contributed by atoms with E-state index >= 15 is 0 Å². The first-order chi connectivity index (χ1) is 11.9. The predicted molar refractivity (Wildman–Crippen MR) is 95.8 cm³/mol. The largest absolute Gasteiger partial charge is 0.550 e. The van der Waals surface area contributed by atoms with Gasteiger partial charge in [-0.2, -0.15) is 0 Å². The number of aliphatic hydroxyl groups excluding tert-OH is 2. The third kappa shape index (κ3) is 28.0. The van der Waals surface area contributed by atoms with E-state index in [1.54, 1.807) is 0 Å². The lowest BCUT2D eigenvalue weighted by molar-refractivity contribution is -0.305. The van der Waals surface area contributed by atoms with Crippen molar-refractivity contribution in [2.24, 2.45) is 0 Å². The fourth-order valence-corrected chi connectivity index (χ4v) is 2.05. The van der Waals surface area contributed by atoms with Gasteiger partial charge < -0.3 is 24.9 Å². The highest BCUT2D eigenvalue weighted by Crippen LogP contribution is 2.10. The van der Waals surface area contributed by atoms with Gasteiger partial charge in [0.1, 0.15) is 0 Å². The number of esters is 1. The molecule has 0 amide bonds. The second-order valence-electron chi connectivity index (χ2n) is 6.31. The van der Waals surface area contributed by atoms with Crippen LogP contribution < -0.4 is 5.11 Å². The van der Waals surface area contributed by atoms with Crippen LogP contribution >= 0.6 is 0 Å². The molecule has 150 valence electrons. The third-order valence-corrected chi connectivity index (χ3v) is 3.56. The maximum atomic E-state index is 11.1. The number of hydrogen-bond acceptors (Lipinski definition) is 6. The van der Waals surface area contributed by atoms with E-state index in [1.807, 2.05) is 0 Å². The van der Waals surface area contributed by atoms with Crippen molar-refractivity contribution in [2.75, 3.05) is 13.2 Å². The molecule has 0 saturated carbocycles. The second kappa shape index (κ2) is 20.9. The summed E-state index contributed by atoms with van der Waals surface area (Å²) >= 11 is 0. The Balaban J connectivity index is 0. The van der Waals surface area contributed by atoms with Gasteiger partial charge in [-0.05, 0) is 19.8 Å². The molecule has 0 heterocycles. The van der Waals surface area contributed by atoms with Gasteiger partial charge >= 0.3 is 5.97 Å². The number of rotatable bonds is 15. The fraction of sp³-hybridized carbons (Fsp3) is 0.895. The molecule has 0 rings (SSSR count). The number of carbonyl (C=O) groups excluding carboxylic acids is 2. The Hall–Kier alpha value is -1.14. The van der Waals surface area contributed by atoms with Crippen LogP contribution in [0, 0.1) is 0 Å². The average molecular weight is 361 g/mol. The van der Waals surface area contributed by atoms with E-state index in [-0.39, 0.29) is 19.4 Å². The monoisotopic (exact) mass is 361 g/mol. The number of carboxylic acids is 1. The van der Waals surface area contributed by atoms with Crippen molar-refractivity contribution in [2.45, 2.75) is 97.0 Å². The van der Waals surface area contributed by atoms with E-state index in [4.69, 9.17) is 14.9 Å². The molecule has 0 aromatic carbocycles. The SMILES string of the molecule is CC(O)CO.CCCCCCCCCCCCOC(=O)CCC(=O)[O-]. The average Bonchev–Trinajstić information content (AvgIpc) is 2.58. The first-order valence-corrected chi connectivity index (χ1v) is 9.58. The van der Waals surface area contributed by atoms with E-state index in [0.29, 0.717) is 6.61 Å². The molecule has 0 aromatic heterocycles. The minimum Gasteiger partial charge on any atom is -0.550 e. The number of hydrogen-bond donors (Lipinski definition) is 2. The lowest BCUT2D eigenvalue weighted by Crippen LogP contribution is -2.23. The molecule has 0 aromatic rings. The van der Waals surface area contributed by atoms with E-state index in [0.717, 1.165) is 12.8 Å². The summed E-state index contributed by atoms with van der Waals surface area (Å²) in [5.74, 6) is -1.65. The van der Waals surface area contributed by atoms with Gasteiger partial charge in [0, 0.05) is 5.97 Å². The number of aliphatic carboxylic acids is 1. The summed E-state index contributed by atoms with van der Waals surface area (Å²) in [5, 5.41) is 26.1. The Labute approximate surface area is 152 Å². The van der Waals surface area contributed by atoms with Crippen LogP contribution in [0.25, 0.3) is 0 Å². The van der Waals surface area contributed by atoms with Crippen LogP contribution in [-0.2, 0) is 14.3 Å². The normalized spacial score (nSPS) is 11.4. The predicted octanol–water partition coefficient (Wildman–Crippen LogP) is 2.34. The van der Waals surface area contributed by atoms with Crippen molar-refractivity contribution >= 4 is 11.9 Å². The van der Waals surface area contributed by atoms with Crippen LogP contribution in [0.2, 0.25) is 0 Å². The van der Waals surface area contributed by atoms with Gasteiger partial charge in [0.05, 0.1) is 25.7 Å². The van der Waals surface area contributed by atoms with Crippen molar-refractivity contribution in [3.63, 3.8) is 0 Å². The lowest BCUT2D eigenvalue weighted by atomic mass is 10.1. The quantitative estimate of drug-likeness (QED) is 0.342. The van der Waals surface area contributed by atoms with Crippen LogP contribution in [0.4, 0.5) is 0 Å². The zero-order valence-electron chi connectivity index (χ0n) is 16.0. The highest BCUT2D eigenvalue weighted by molar-refractivity contribution is 5.75. The van der Waals surface area contributed by atoms with Crippen molar-refractivity contribution in [1.82, 2.24) is 0 Å². The molecule has 0 fully saturated rings. The molecule has 0 aliphatic heterocycles. The number of carbonyl (C=O) groups is 2. The number of unbranched alkanes of at least 4 members (excludes halogenated alkanes) is 9. The maximum absolute atomic E-state index is 11.1. The Bertz CT molecular complexity index is 304. The van der Waals surface area contributed by atoms with Gasteiger partial charge in [0.25, 0.3) is 0 Å². The number of carboxylic acid groups (broad SMARTS) is 1. The van der Waals surface area contributed by atoms with Crippen molar-refractivity contribution < 1.29 is 29.6 Å². The summed E-state index contributed by atoms with van der Waals surface area (Å²) in [6.07, 6.45) is 11.5. The molecule has 6 heteroatoms. The van der Waals surface area contributed by atoms with Gasteiger partial charge in [0.2, 0.25) is 0 Å². The molecule has 0 radical (unpaired) electrons. The molecule has 6 nitrogen and oxygen atoms in total. The van der Waals surface area contributed by atoms with Crippen LogP contribution in [0.15, 0.2) is 0 Å². The van der Waals surface area contributed by atoms with Crippen LogP contribution in [0.3, 0.4) is 0 Å². The Kier molecular flexibility index (Phi) is 21.8. The highest BCUT2D eigenvalue weighted by Gasteiger charge is 2.02. The molecule has 0 saturated heterocycles. The van der Waals surface area contributed by atoms with Crippen LogP contribution in [0.1, 0.15) is 90.9 Å². The highest BCUT2D eigenvalue weighted by atomic mass is 16.5. The summed E-state index contributed by atoms with van der Waals surface area (Å²) in [6, 6.07) is 0. The van der Waals surface area contributed by atoms with E-state index in [9.17, 15) is 14.7 Å². The van der Waals surface area contributed by atoms with E-state index in [2.05, 4.69) is 6.92 Å². The van der Waals surface area contributed by atoms with Crippen LogP contribution in [0.5, 0.6) is 0 Å². The Morgan fingerprint density at radius 2 is 1.36 bits per heavy atom. The van der Waals surface area contributed by atoms with E-state index in [1.165, 1.54) is 58.3 Å². The molecule has 0 spiro atoms. The molecule has 2 N–H and O–H groups in total. The fourth-order valence-electron chi connectivity index (χ4n) is 2.05. The Morgan fingerprint density at radius 1 is 0.920 bits per heavy atom. The van der Waals surface area contributed by atoms with Gasteiger partial charge in [-0.25, -0.2) is 0 Å². The van der Waals surface area contributed by atoms with Crippen molar-refractivity contribution in [1.29, 1.82) is 0 Å². The van der Waals surface area contributed by atoms with Gasteiger partial charge in [-0.3, -0.25) is 4.79 Å². The molecule has 25 heavy (non-hydrogen) atoms. The zero-order chi connectivity index (χ0) is 19.3. The summed E-state index contributed by atoms with van der Waals surface area (Å²) < 4.78 is 4.93. The standard InChI is InChI=1S/C16H30O4.C3H8O2/c1-2-3-4-5-6-7-8-9-10-11-14-20-16(19)13-12-15(17)18;1-3(5)2-4/h2-14H2,1H3,(H,17,18);3-5H,2H2,1H3/p-1. The van der Waals surface area contributed by atoms with Gasteiger partial charge in [0.15, 0.2) is 0 Å². The van der Waals surface area contributed by atoms with Crippen LogP contribution in [-0.4, -0.2) is 41.5 Å². The topological polar surface area (TPSA) is 107 Å². The molecule has 0 aliphatic rings. The molecule has 0 aliphatic carbocycles. The second-order valence-corrected chi connectivity index (χ2v) is 6.31. The molecule has 1 unspecified atom stereocenters. The zero-order valence-corrected chi connectivity index (χ0v) is 16.0. The maximum Gasteiger partial charge on any atom is 0.306 e. The first-order valence-electron chi connectivity index (χ1n) is 9.58.